The molecule has 0 saturated carbocycles. The first-order valence-electron chi connectivity index (χ1n) is 8.27. The molecule has 2 rings (SSSR count). The third-order valence-corrected chi connectivity index (χ3v) is 4.25. The van der Waals surface area contributed by atoms with Gasteiger partial charge in [0.1, 0.15) is 0 Å². The van der Waals surface area contributed by atoms with Crippen molar-refractivity contribution < 1.29 is 4.79 Å². The standard InChI is InChI=1S/C18H29N3O/c1-14-11-16(9-10-19-14)18(22)20-17(13-21(2)3)12-15-7-5-4-6-8-15/h4-8,14,16-17,19H,9-13H2,1-3H3,(H,20,22)/t14-,16-,17?/m0/s1. The van der Waals surface area contributed by atoms with Crippen molar-refractivity contribution in [2.24, 2.45) is 5.92 Å². The minimum absolute atomic E-state index is 0.150. The molecule has 0 bridgehead atoms. The van der Waals surface area contributed by atoms with Gasteiger partial charge in [0.15, 0.2) is 0 Å². The van der Waals surface area contributed by atoms with Crippen LogP contribution in [0.5, 0.6) is 0 Å². The fraction of sp³-hybridized carbons (Fsp3) is 0.611. The number of piperidine rings is 1. The number of hydrogen-bond donors (Lipinski definition) is 2. The number of likely N-dealkylation sites (N-methyl/N-ethyl adjacent to an activating group) is 1. The van der Waals surface area contributed by atoms with Crippen molar-refractivity contribution in [2.75, 3.05) is 27.2 Å². The molecule has 1 fully saturated rings. The Hall–Kier alpha value is -1.39. The molecular formula is C18H29N3O. The zero-order valence-corrected chi connectivity index (χ0v) is 14.0. The van der Waals surface area contributed by atoms with Crippen LogP contribution in [0.4, 0.5) is 0 Å². The van der Waals surface area contributed by atoms with Gasteiger partial charge in [-0.3, -0.25) is 4.79 Å². The summed E-state index contributed by atoms with van der Waals surface area (Å²) in [6, 6.07) is 11.0. The molecule has 0 radical (unpaired) electrons. The van der Waals surface area contributed by atoms with Gasteiger partial charge in [-0.1, -0.05) is 30.3 Å². The van der Waals surface area contributed by atoms with Crippen LogP contribution in [0.3, 0.4) is 0 Å². The van der Waals surface area contributed by atoms with Crippen molar-refractivity contribution >= 4 is 5.91 Å². The summed E-state index contributed by atoms with van der Waals surface area (Å²) in [7, 11) is 4.10. The number of rotatable bonds is 6. The lowest BCUT2D eigenvalue weighted by atomic mass is 9.92. The van der Waals surface area contributed by atoms with E-state index in [1.165, 1.54) is 5.56 Å². The van der Waals surface area contributed by atoms with E-state index in [1.807, 2.05) is 6.07 Å². The Morgan fingerprint density at radius 1 is 1.36 bits per heavy atom. The fourth-order valence-electron chi connectivity index (χ4n) is 3.19. The number of hydrogen-bond acceptors (Lipinski definition) is 3. The molecular weight excluding hydrogens is 274 g/mol. The average Bonchev–Trinajstić information content (AvgIpc) is 2.47. The van der Waals surface area contributed by atoms with Gasteiger partial charge in [0.2, 0.25) is 5.91 Å². The predicted molar refractivity (Wildman–Crippen MR) is 90.8 cm³/mol. The van der Waals surface area contributed by atoms with Crippen molar-refractivity contribution in [3.05, 3.63) is 35.9 Å². The van der Waals surface area contributed by atoms with Gasteiger partial charge < -0.3 is 15.5 Å². The van der Waals surface area contributed by atoms with Crippen molar-refractivity contribution in [3.8, 4) is 0 Å². The highest BCUT2D eigenvalue weighted by Gasteiger charge is 2.26. The lowest BCUT2D eigenvalue weighted by Gasteiger charge is -2.30. The van der Waals surface area contributed by atoms with E-state index >= 15 is 0 Å². The highest BCUT2D eigenvalue weighted by Crippen LogP contribution is 2.16. The van der Waals surface area contributed by atoms with Gasteiger partial charge in [0, 0.05) is 24.5 Å². The van der Waals surface area contributed by atoms with Crippen LogP contribution >= 0.6 is 0 Å². The number of nitrogens with one attached hydrogen (secondary N) is 2. The SMILES string of the molecule is C[C@H]1C[C@@H](C(=O)NC(Cc2ccccc2)CN(C)C)CCN1. The van der Waals surface area contributed by atoms with Crippen LogP contribution in [0.15, 0.2) is 30.3 Å². The molecule has 3 atom stereocenters. The smallest absolute Gasteiger partial charge is 0.223 e. The molecule has 1 aromatic rings. The molecule has 0 aliphatic carbocycles. The topological polar surface area (TPSA) is 44.4 Å². The molecule has 22 heavy (non-hydrogen) atoms. The molecule has 0 aromatic heterocycles. The molecule has 1 unspecified atom stereocenters. The second-order valence-electron chi connectivity index (χ2n) is 6.73. The van der Waals surface area contributed by atoms with Gasteiger partial charge in [-0.05, 0) is 52.4 Å². The quantitative estimate of drug-likeness (QED) is 0.840. The van der Waals surface area contributed by atoms with E-state index in [-0.39, 0.29) is 17.9 Å². The average molecular weight is 303 g/mol. The zero-order valence-electron chi connectivity index (χ0n) is 14.0. The molecule has 4 heteroatoms. The third-order valence-electron chi connectivity index (χ3n) is 4.25. The first kappa shape index (κ1) is 17.0. The van der Waals surface area contributed by atoms with Crippen LogP contribution in [-0.2, 0) is 11.2 Å². The highest BCUT2D eigenvalue weighted by atomic mass is 16.2. The van der Waals surface area contributed by atoms with Crippen LogP contribution in [0.1, 0.15) is 25.3 Å². The van der Waals surface area contributed by atoms with E-state index in [1.54, 1.807) is 0 Å². The molecule has 1 aromatic carbocycles. The first-order chi connectivity index (χ1) is 10.5. The van der Waals surface area contributed by atoms with Crippen LogP contribution in [0.2, 0.25) is 0 Å². The first-order valence-corrected chi connectivity index (χ1v) is 8.27. The lowest BCUT2D eigenvalue weighted by molar-refractivity contribution is -0.126. The summed E-state index contributed by atoms with van der Waals surface area (Å²) in [5.41, 5.74) is 1.27. The Morgan fingerprint density at radius 3 is 2.73 bits per heavy atom. The summed E-state index contributed by atoms with van der Waals surface area (Å²) in [4.78, 5) is 14.7. The summed E-state index contributed by atoms with van der Waals surface area (Å²) in [5.74, 6) is 0.368. The minimum Gasteiger partial charge on any atom is -0.352 e. The molecule has 2 N–H and O–H groups in total. The van der Waals surface area contributed by atoms with Crippen molar-refractivity contribution in [1.82, 2.24) is 15.5 Å². The number of nitrogens with zero attached hydrogens (tertiary/aromatic N) is 1. The molecule has 0 spiro atoms. The molecule has 1 saturated heterocycles. The van der Waals surface area contributed by atoms with Crippen molar-refractivity contribution in [2.45, 2.75) is 38.3 Å². The van der Waals surface area contributed by atoms with Gasteiger partial charge >= 0.3 is 0 Å². The second-order valence-corrected chi connectivity index (χ2v) is 6.73. The van der Waals surface area contributed by atoms with Crippen LogP contribution < -0.4 is 10.6 Å². The Morgan fingerprint density at radius 2 is 2.09 bits per heavy atom. The summed E-state index contributed by atoms with van der Waals surface area (Å²) in [6.45, 7) is 3.96. The molecule has 122 valence electrons. The molecule has 1 aliphatic rings. The Balaban J connectivity index is 1.95. The summed E-state index contributed by atoms with van der Waals surface area (Å²) in [5, 5.41) is 6.68. The maximum absolute atomic E-state index is 12.6. The number of amides is 1. The van der Waals surface area contributed by atoms with Gasteiger partial charge in [-0.2, -0.15) is 0 Å². The molecule has 1 amide bonds. The van der Waals surface area contributed by atoms with Gasteiger partial charge in [0.25, 0.3) is 0 Å². The highest BCUT2D eigenvalue weighted by molar-refractivity contribution is 5.79. The monoisotopic (exact) mass is 303 g/mol. The summed E-state index contributed by atoms with van der Waals surface area (Å²) >= 11 is 0. The van der Waals surface area contributed by atoms with Crippen molar-refractivity contribution in [1.29, 1.82) is 0 Å². The predicted octanol–water partition coefficient (Wildman–Crippen LogP) is 1.66. The molecule has 1 aliphatic heterocycles. The number of carbonyl (C=O) groups is 1. The van der Waals surface area contributed by atoms with Crippen LogP contribution in [-0.4, -0.2) is 50.1 Å². The Labute approximate surface area is 134 Å². The van der Waals surface area contributed by atoms with E-state index in [0.717, 1.165) is 32.4 Å². The Kier molecular flexibility index (Phi) is 6.40. The second kappa shape index (κ2) is 8.30. The molecule has 1 heterocycles. The molecule has 4 nitrogen and oxygen atoms in total. The summed E-state index contributed by atoms with van der Waals surface area (Å²) < 4.78 is 0. The number of carbonyl (C=O) groups excluding carboxylic acids is 1. The lowest BCUT2D eigenvalue weighted by Crippen LogP contribution is -2.48. The normalized spacial score (nSPS) is 23.3. The maximum atomic E-state index is 12.6. The van der Waals surface area contributed by atoms with Gasteiger partial charge in [0.05, 0.1) is 0 Å². The van der Waals surface area contributed by atoms with Gasteiger partial charge in [-0.25, -0.2) is 0 Å². The van der Waals surface area contributed by atoms with E-state index in [9.17, 15) is 4.79 Å². The van der Waals surface area contributed by atoms with Crippen LogP contribution in [0.25, 0.3) is 0 Å². The minimum atomic E-state index is 0.150. The summed E-state index contributed by atoms with van der Waals surface area (Å²) in [6.07, 6.45) is 2.76. The van der Waals surface area contributed by atoms with E-state index in [0.29, 0.717) is 6.04 Å². The largest absolute Gasteiger partial charge is 0.352 e. The van der Waals surface area contributed by atoms with E-state index < -0.39 is 0 Å². The van der Waals surface area contributed by atoms with Gasteiger partial charge in [-0.15, -0.1) is 0 Å². The van der Waals surface area contributed by atoms with Crippen LogP contribution in [0, 0.1) is 5.92 Å². The van der Waals surface area contributed by atoms with E-state index in [2.05, 4.69) is 60.8 Å². The maximum Gasteiger partial charge on any atom is 0.223 e. The van der Waals surface area contributed by atoms with Crippen molar-refractivity contribution in [3.63, 3.8) is 0 Å². The Bertz CT molecular complexity index is 461. The third kappa shape index (κ3) is 5.43. The zero-order chi connectivity index (χ0) is 15.9. The number of benzene rings is 1. The fourth-order valence-corrected chi connectivity index (χ4v) is 3.19. The van der Waals surface area contributed by atoms with E-state index in [4.69, 9.17) is 0 Å².